The highest BCUT2D eigenvalue weighted by Gasteiger charge is 2.21. The minimum absolute atomic E-state index is 0.0848. The third-order valence-corrected chi connectivity index (χ3v) is 5.22. The molecule has 0 aliphatic heterocycles. The molecule has 0 saturated heterocycles. The molecule has 0 radical (unpaired) electrons. The van der Waals surface area contributed by atoms with E-state index < -0.39 is 24.3 Å². The van der Waals surface area contributed by atoms with Crippen LogP contribution >= 0.6 is 22.9 Å². The summed E-state index contributed by atoms with van der Waals surface area (Å²) in [4.78, 5) is 25.3. The number of amides is 1. The second kappa shape index (κ2) is 7.32. The van der Waals surface area contributed by atoms with Crippen molar-refractivity contribution < 1.29 is 18.7 Å². The lowest BCUT2D eigenvalue weighted by atomic mass is 9.96. The standard InChI is InChI=1S/C17H15ClFNO3S/c18-13-7-10(19)5-6-14(13)20-16(21)8-23-17(22)12-9-24-15-4-2-1-3-11(12)15/h5-7,9H,1-4,8H2,(H,20,21). The number of esters is 1. The van der Waals surface area contributed by atoms with Crippen LogP contribution in [0.1, 0.15) is 33.6 Å². The first-order valence-corrected chi connectivity index (χ1v) is 8.81. The van der Waals surface area contributed by atoms with Crippen molar-refractivity contribution in [1.82, 2.24) is 0 Å². The number of halogens is 2. The summed E-state index contributed by atoms with van der Waals surface area (Å²) in [5.41, 5.74) is 1.88. The summed E-state index contributed by atoms with van der Waals surface area (Å²) in [5.74, 6) is -1.51. The Morgan fingerprint density at radius 1 is 1.29 bits per heavy atom. The highest BCUT2D eigenvalue weighted by atomic mass is 35.5. The SMILES string of the molecule is O=C(COC(=O)c1csc2c1CCCC2)Nc1ccc(F)cc1Cl. The van der Waals surface area contributed by atoms with Crippen molar-refractivity contribution in [2.24, 2.45) is 0 Å². The van der Waals surface area contributed by atoms with E-state index in [-0.39, 0.29) is 10.7 Å². The fourth-order valence-electron chi connectivity index (χ4n) is 2.65. The molecule has 1 heterocycles. The second-order valence-corrected chi connectivity index (χ2v) is 6.88. The lowest BCUT2D eigenvalue weighted by Gasteiger charge is -2.12. The average molecular weight is 368 g/mol. The zero-order valence-electron chi connectivity index (χ0n) is 12.7. The van der Waals surface area contributed by atoms with Crippen molar-refractivity contribution in [3.05, 3.63) is 50.4 Å². The molecule has 1 aliphatic carbocycles. The van der Waals surface area contributed by atoms with Gasteiger partial charge < -0.3 is 10.1 Å². The Balaban J connectivity index is 1.58. The van der Waals surface area contributed by atoms with Crippen LogP contribution in [0.25, 0.3) is 0 Å². The van der Waals surface area contributed by atoms with Crippen molar-refractivity contribution >= 4 is 40.5 Å². The Bertz CT molecular complexity index is 790. The second-order valence-electron chi connectivity index (χ2n) is 5.51. The van der Waals surface area contributed by atoms with Gasteiger partial charge in [-0.05, 0) is 49.4 Å². The summed E-state index contributed by atoms with van der Waals surface area (Å²) in [6.45, 7) is -0.419. The summed E-state index contributed by atoms with van der Waals surface area (Å²) in [6.07, 6.45) is 4.08. The van der Waals surface area contributed by atoms with Crippen LogP contribution in [0.5, 0.6) is 0 Å². The van der Waals surface area contributed by atoms with Gasteiger partial charge >= 0.3 is 5.97 Å². The number of nitrogens with one attached hydrogen (secondary N) is 1. The van der Waals surface area contributed by atoms with E-state index in [0.717, 1.165) is 37.3 Å². The van der Waals surface area contributed by atoms with Crippen LogP contribution in [-0.2, 0) is 22.4 Å². The van der Waals surface area contributed by atoms with E-state index in [4.69, 9.17) is 16.3 Å². The predicted molar refractivity (Wildman–Crippen MR) is 91.3 cm³/mol. The number of hydrogen-bond acceptors (Lipinski definition) is 4. The molecule has 0 fully saturated rings. The zero-order valence-corrected chi connectivity index (χ0v) is 14.3. The van der Waals surface area contributed by atoms with E-state index in [0.29, 0.717) is 5.56 Å². The lowest BCUT2D eigenvalue weighted by Crippen LogP contribution is -2.21. The van der Waals surface area contributed by atoms with Gasteiger partial charge in [0.25, 0.3) is 5.91 Å². The van der Waals surface area contributed by atoms with Crippen LogP contribution in [0.2, 0.25) is 5.02 Å². The van der Waals surface area contributed by atoms with Gasteiger partial charge in [-0.3, -0.25) is 4.79 Å². The van der Waals surface area contributed by atoms with Crippen molar-refractivity contribution in [3.8, 4) is 0 Å². The summed E-state index contributed by atoms with van der Waals surface area (Å²) in [7, 11) is 0. The van der Waals surface area contributed by atoms with Crippen LogP contribution < -0.4 is 5.32 Å². The zero-order chi connectivity index (χ0) is 17.1. The molecule has 0 saturated carbocycles. The minimum Gasteiger partial charge on any atom is -0.452 e. The van der Waals surface area contributed by atoms with Gasteiger partial charge in [0.2, 0.25) is 0 Å². The number of aryl methyl sites for hydroxylation is 1. The van der Waals surface area contributed by atoms with E-state index in [2.05, 4.69) is 5.32 Å². The van der Waals surface area contributed by atoms with Crippen molar-refractivity contribution in [1.29, 1.82) is 0 Å². The molecule has 0 bridgehead atoms. The van der Waals surface area contributed by atoms with Crippen LogP contribution in [0, 0.1) is 5.82 Å². The number of anilines is 1. The van der Waals surface area contributed by atoms with Gasteiger partial charge in [-0.15, -0.1) is 11.3 Å². The normalized spacial score (nSPS) is 13.2. The quantitative estimate of drug-likeness (QED) is 0.823. The van der Waals surface area contributed by atoms with Crippen LogP contribution in [0.15, 0.2) is 23.6 Å². The van der Waals surface area contributed by atoms with Gasteiger partial charge in [-0.2, -0.15) is 0 Å². The number of carbonyl (C=O) groups is 2. The van der Waals surface area contributed by atoms with E-state index in [9.17, 15) is 14.0 Å². The topological polar surface area (TPSA) is 55.4 Å². The molecule has 24 heavy (non-hydrogen) atoms. The van der Waals surface area contributed by atoms with Crippen molar-refractivity contribution in [2.45, 2.75) is 25.7 Å². The highest BCUT2D eigenvalue weighted by molar-refractivity contribution is 7.10. The van der Waals surface area contributed by atoms with Gasteiger partial charge in [0, 0.05) is 10.3 Å². The predicted octanol–water partition coefficient (Wildman–Crippen LogP) is 4.21. The number of thiophene rings is 1. The average Bonchev–Trinajstić information content (AvgIpc) is 2.99. The first-order valence-electron chi connectivity index (χ1n) is 7.56. The molecule has 1 amide bonds. The molecule has 0 spiro atoms. The number of carbonyl (C=O) groups excluding carboxylic acids is 2. The summed E-state index contributed by atoms with van der Waals surface area (Å²) >= 11 is 7.40. The molecule has 2 aromatic rings. The number of benzene rings is 1. The lowest BCUT2D eigenvalue weighted by molar-refractivity contribution is -0.119. The Labute approximate surface area is 147 Å². The summed E-state index contributed by atoms with van der Waals surface area (Å²) in [6, 6.07) is 3.64. The van der Waals surface area contributed by atoms with E-state index in [1.165, 1.54) is 17.0 Å². The van der Waals surface area contributed by atoms with Crippen molar-refractivity contribution in [2.75, 3.05) is 11.9 Å². The van der Waals surface area contributed by atoms with Crippen LogP contribution in [-0.4, -0.2) is 18.5 Å². The molecule has 0 unspecified atom stereocenters. The monoisotopic (exact) mass is 367 g/mol. The van der Waals surface area contributed by atoms with E-state index in [1.54, 1.807) is 16.7 Å². The first-order chi connectivity index (χ1) is 11.5. The molecule has 1 aromatic heterocycles. The number of ether oxygens (including phenoxy) is 1. The molecule has 1 aliphatic rings. The minimum atomic E-state index is -0.527. The third-order valence-electron chi connectivity index (χ3n) is 3.82. The van der Waals surface area contributed by atoms with Gasteiger partial charge in [-0.25, -0.2) is 9.18 Å². The maximum Gasteiger partial charge on any atom is 0.339 e. The molecule has 126 valence electrons. The van der Waals surface area contributed by atoms with Gasteiger partial charge in [0.15, 0.2) is 6.61 Å². The third kappa shape index (κ3) is 3.76. The van der Waals surface area contributed by atoms with E-state index in [1.807, 2.05) is 0 Å². The molecule has 4 nitrogen and oxygen atoms in total. The van der Waals surface area contributed by atoms with Gasteiger partial charge in [0.1, 0.15) is 5.82 Å². The fraction of sp³-hybridized carbons (Fsp3) is 0.294. The fourth-order valence-corrected chi connectivity index (χ4v) is 3.98. The molecule has 7 heteroatoms. The van der Waals surface area contributed by atoms with Crippen molar-refractivity contribution in [3.63, 3.8) is 0 Å². The molecular weight excluding hydrogens is 353 g/mol. The van der Waals surface area contributed by atoms with Crippen LogP contribution in [0.4, 0.5) is 10.1 Å². The van der Waals surface area contributed by atoms with E-state index >= 15 is 0 Å². The Morgan fingerprint density at radius 3 is 2.88 bits per heavy atom. The molecule has 1 aromatic carbocycles. The molecule has 3 rings (SSSR count). The number of rotatable bonds is 4. The molecule has 0 atom stereocenters. The largest absolute Gasteiger partial charge is 0.452 e. The molecule has 1 N–H and O–H groups in total. The Morgan fingerprint density at radius 2 is 2.08 bits per heavy atom. The number of hydrogen-bond donors (Lipinski definition) is 1. The first kappa shape index (κ1) is 16.9. The van der Waals surface area contributed by atoms with Gasteiger partial charge in [0.05, 0.1) is 16.3 Å². The molecular formula is C17H15ClFNO3S. The Hall–Kier alpha value is -1.92. The summed E-state index contributed by atoms with van der Waals surface area (Å²) in [5, 5.41) is 4.37. The highest BCUT2D eigenvalue weighted by Crippen LogP contribution is 2.30. The summed E-state index contributed by atoms with van der Waals surface area (Å²) < 4.78 is 18.1. The smallest absolute Gasteiger partial charge is 0.339 e. The Kier molecular flexibility index (Phi) is 5.16. The maximum absolute atomic E-state index is 13.0. The van der Waals surface area contributed by atoms with Gasteiger partial charge in [-0.1, -0.05) is 11.6 Å². The van der Waals surface area contributed by atoms with Crippen LogP contribution in [0.3, 0.4) is 0 Å². The number of fused-ring (bicyclic) bond motifs is 1. The maximum atomic E-state index is 13.0.